The molecule has 0 aliphatic rings. The van der Waals surface area contributed by atoms with Crippen molar-refractivity contribution in [1.82, 2.24) is 5.32 Å². The third-order valence-electron chi connectivity index (χ3n) is 2.00. The second kappa shape index (κ2) is 9.57. The lowest BCUT2D eigenvalue weighted by Gasteiger charge is -2.18. The van der Waals surface area contributed by atoms with Gasteiger partial charge < -0.3 is 19.5 Å². The summed E-state index contributed by atoms with van der Waals surface area (Å²) in [6.45, 7) is 5.61. The number of ether oxygens (including phenoxy) is 3. The highest BCUT2D eigenvalue weighted by molar-refractivity contribution is 5.75. The second-order valence-corrected chi connectivity index (χ2v) is 3.79. The number of hydrogen-bond acceptors (Lipinski definition) is 5. The van der Waals surface area contributed by atoms with Crippen LogP contribution < -0.4 is 5.32 Å². The van der Waals surface area contributed by atoms with Crippen molar-refractivity contribution in [3.05, 3.63) is 0 Å². The maximum absolute atomic E-state index is 11.4. The van der Waals surface area contributed by atoms with Crippen LogP contribution in [0.1, 0.15) is 20.3 Å². The molecule has 0 aromatic carbocycles. The van der Waals surface area contributed by atoms with Crippen LogP contribution in [0.25, 0.3) is 0 Å². The Labute approximate surface area is 97.4 Å². The maximum atomic E-state index is 11.4. The van der Waals surface area contributed by atoms with Gasteiger partial charge in [0.2, 0.25) is 0 Å². The van der Waals surface area contributed by atoms with Gasteiger partial charge in [0.1, 0.15) is 6.04 Å². The van der Waals surface area contributed by atoms with Gasteiger partial charge in [0.15, 0.2) is 0 Å². The van der Waals surface area contributed by atoms with Crippen LogP contribution in [0.15, 0.2) is 0 Å². The van der Waals surface area contributed by atoms with Crippen molar-refractivity contribution in [2.75, 3.05) is 34.0 Å². The fraction of sp³-hybridized carbons (Fsp3) is 0.909. The summed E-state index contributed by atoms with van der Waals surface area (Å²) in [4.78, 5) is 11.4. The van der Waals surface area contributed by atoms with E-state index < -0.39 is 0 Å². The van der Waals surface area contributed by atoms with Crippen LogP contribution in [0, 0.1) is 0 Å². The zero-order valence-electron chi connectivity index (χ0n) is 10.6. The van der Waals surface area contributed by atoms with E-state index in [0.29, 0.717) is 26.2 Å². The molecule has 5 heteroatoms. The molecule has 16 heavy (non-hydrogen) atoms. The number of nitrogens with one attached hydrogen (secondary N) is 1. The first kappa shape index (κ1) is 15.3. The minimum absolute atomic E-state index is 0.239. The number of carbonyl (C=O) groups excluding carboxylic acids is 1. The van der Waals surface area contributed by atoms with Crippen LogP contribution in [0.4, 0.5) is 0 Å². The van der Waals surface area contributed by atoms with Crippen molar-refractivity contribution in [3.8, 4) is 0 Å². The molecule has 1 N–H and O–H groups in total. The highest BCUT2D eigenvalue weighted by Crippen LogP contribution is 1.98. The molecule has 1 unspecified atom stereocenters. The van der Waals surface area contributed by atoms with E-state index in [0.717, 1.165) is 0 Å². The zero-order chi connectivity index (χ0) is 12.4. The Kier molecular flexibility index (Phi) is 9.18. The number of methoxy groups -OCH3 is 2. The second-order valence-electron chi connectivity index (χ2n) is 3.79. The molecule has 0 aromatic rings. The summed E-state index contributed by atoms with van der Waals surface area (Å²) in [5, 5.41) is 3.14. The van der Waals surface area contributed by atoms with Crippen LogP contribution in [-0.2, 0) is 19.0 Å². The first-order valence-electron chi connectivity index (χ1n) is 5.52. The van der Waals surface area contributed by atoms with Gasteiger partial charge in [0, 0.05) is 19.8 Å². The molecule has 0 fully saturated rings. The summed E-state index contributed by atoms with van der Waals surface area (Å²) in [7, 11) is 3.02. The number of hydrogen-bond donors (Lipinski definition) is 1. The van der Waals surface area contributed by atoms with Crippen molar-refractivity contribution in [1.29, 1.82) is 0 Å². The van der Waals surface area contributed by atoms with Gasteiger partial charge in [-0.2, -0.15) is 0 Å². The van der Waals surface area contributed by atoms with E-state index in [4.69, 9.17) is 14.2 Å². The Morgan fingerprint density at radius 1 is 1.19 bits per heavy atom. The Hall–Kier alpha value is -0.650. The molecule has 0 bridgehead atoms. The van der Waals surface area contributed by atoms with Crippen LogP contribution in [0.3, 0.4) is 0 Å². The molecule has 96 valence electrons. The molecule has 0 aliphatic carbocycles. The zero-order valence-corrected chi connectivity index (χ0v) is 10.6. The molecule has 0 amide bonds. The summed E-state index contributed by atoms with van der Waals surface area (Å²) in [5.41, 5.74) is 0. The number of carbonyl (C=O) groups is 1. The molecular weight excluding hydrogens is 210 g/mol. The van der Waals surface area contributed by atoms with Gasteiger partial charge >= 0.3 is 5.97 Å². The van der Waals surface area contributed by atoms with Crippen molar-refractivity contribution in [2.45, 2.75) is 32.4 Å². The van der Waals surface area contributed by atoms with Crippen LogP contribution in [-0.4, -0.2) is 52.1 Å². The van der Waals surface area contributed by atoms with E-state index in [1.54, 1.807) is 7.11 Å². The highest BCUT2D eigenvalue weighted by atomic mass is 16.5. The third kappa shape index (κ3) is 7.62. The van der Waals surface area contributed by atoms with E-state index in [2.05, 4.69) is 5.32 Å². The summed E-state index contributed by atoms with van der Waals surface area (Å²) < 4.78 is 14.9. The fourth-order valence-corrected chi connectivity index (χ4v) is 1.26. The van der Waals surface area contributed by atoms with Gasteiger partial charge in [0.25, 0.3) is 0 Å². The van der Waals surface area contributed by atoms with Crippen LogP contribution in [0.2, 0.25) is 0 Å². The largest absolute Gasteiger partial charge is 0.468 e. The van der Waals surface area contributed by atoms with Gasteiger partial charge in [0.05, 0.1) is 20.3 Å². The van der Waals surface area contributed by atoms with Gasteiger partial charge in [-0.25, -0.2) is 0 Å². The molecule has 5 nitrogen and oxygen atoms in total. The smallest absolute Gasteiger partial charge is 0.322 e. The molecule has 0 aromatic heterocycles. The van der Waals surface area contributed by atoms with Crippen molar-refractivity contribution < 1.29 is 19.0 Å². The molecular formula is C11H23NO4. The van der Waals surface area contributed by atoms with Crippen LogP contribution >= 0.6 is 0 Å². The molecule has 0 spiro atoms. The minimum atomic E-state index is -0.299. The molecule has 0 saturated carbocycles. The van der Waals surface area contributed by atoms with Gasteiger partial charge in [-0.15, -0.1) is 0 Å². The predicted octanol–water partition coefficient (Wildman–Crippen LogP) is 0.579. The molecule has 1 atom stereocenters. The average molecular weight is 233 g/mol. The summed E-state index contributed by atoms with van der Waals surface area (Å²) in [6, 6.07) is -0.0596. The lowest BCUT2D eigenvalue weighted by atomic mass is 10.2. The molecule has 0 radical (unpaired) electrons. The van der Waals surface area contributed by atoms with E-state index in [1.165, 1.54) is 7.11 Å². The Balaban J connectivity index is 3.79. The van der Waals surface area contributed by atoms with E-state index in [9.17, 15) is 4.79 Å². The first-order valence-corrected chi connectivity index (χ1v) is 5.52. The fourth-order valence-electron chi connectivity index (χ4n) is 1.26. The van der Waals surface area contributed by atoms with E-state index in [-0.39, 0.29) is 18.1 Å². The first-order chi connectivity index (χ1) is 7.61. The third-order valence-corrected chi connectivity index (χ3v) is 2.00. The molecule has 0 rings (SSSR count). The standard InChI is InChI=1S/C11H23NO4/c1-9(2)12-10(11(13)15-4)5-6-16-8-7-14-3/h9-10,12H,5-8H2,1-4H3. The van der Waals surface area contributed by atoms with E-state index >= 15 is 0 Å². The lowest BCUT2D eigenvalue weighted by molar-refractivity contribution is -0.143. The lowest BCUT2D eigenvalue weighted by Crippen LogP contribution is -2.42. The normalized spacial score (nSPS) is 12.8. The van der Waals surface area contributed by atoms with Crippen molar-refractivity contribution in [2.24, 2.45) is 0 Å². The topological polar surface area (TPSA) is 56.8 Å². The Morgan fingerprint density at radius 3 is 2.38 bits per heavy atom. The monoisotopic (exact) mass is 233 g/mol. The predicted molar refractivity (Wildman–Crippen MR) is 61.4 cm³/mol. The maximum Gasteiger partial charge on any atom is 0.322 e. The van der Waals surface area contributed by atoms with Crippen molar-refractivity contribution >= 4 is 5.97 Å². The quantitative estimate of drug-likeness (QED) is 0.466. The van der Waals surface area contributed by atoms with Gasteiger partial charge in [-0.05, 0) is 6.42 Å². The summed E-state index contributed by atoms with van der Waals surface area (Å²) in [6.07, 6.45) is 0.606. The minimum Gasteiger partial charge on any atom is -0.468 e. The SMILES string of the molecule is COCCOCCC(NC(C)C)C(=O)OC. The average Bonchev–Trinajstić information content (AvgIpc) is 2.25. The Bertz CT molecular complexity index is 185. The number of rotatable bonds is 9. The van der Waals surface area contributed by atoms with Crippen LogP contribution in [0.5, 0.6) is 0 Å². The van der Waals surface area contributed by atoms with Gasteiger partial charge in [-0.3, -0.25) is 4.79 Å². The van der Waals surface area contributed by atoms with Crippen molar-refractivity contribution in [3.63, 3.8) is 0 Å². The molecule has 0 heterocycles. The molecule has 0 saturated heterocycles. The summed E-state index contributed by atoms with van der Waals surface area (Å²) >= 11 is 0. The Morgan fingerprint density at radius 2 is 1.88 bits per heavy atom. The molecule has 0 aliphatic heterocycles. The number of esters is 1. The van der Waals surface area contributed by atoms with Gasteiger partial charge in [-0.1, -0.05) is 13.8 Å². The van der Waals surface area contributed by atoms with E-state index in [1.807, 2.05) is 13.8 Å². The summed E-state index contributed by atoms with van der Waals surface area (Å²) in [5.74, 6) is -0.246. The highest BCUT2D eigenvalue weighted by Gasteiger charge is 2.19.